The van der Waals surface area contributed by atoms with Crippen molar-refractivity contribution in [3.63, 3.8) is 0 Å². The molecule has 1 aromatic heterocycles. The monoisotopic (exact) mass is 362 g/mol. The molecule has 0 unspecified atom stereocenters. The van der Waals surface area contributed by atoms with Crippen LogP contribution in [0.1, 0.15) is 24.2 Å². The Kier molecular flexibility index (Phi) is 4.94. The molecule has 5 heteroatoms. The summed E-state index contributed by atoms with van der Waals surface area (Å²) in [5.41, 5.74) is 4.26. The van der Waals surface area contributed by atoms with Crippen LogP contribution in [0.15, 0.2) is 48.5 Å². The average Bonchev–Trinajstić information content (AvgIpc) is 2.98. The fraction of sp³-hybridized carbons (Fsp3) is 0.364. The number of likely N-dealkylation sites (tertiary alicyclic amines) is 1. The highest BCUT2D eigenvalue weighted by molar-refractivity contribution is 5.92. The molecule has 140 valence electrons. The number of benzene rings is 2. The number of nitrogens with one attached hydrogen (secondary N) is 1. The molecule has 27 heavy (non-hydrogen) atoms. The van der Waals surface area contributed by atoms with Crippen LogP contribution in [0.2, 0.25) is 0 Å². The largest absolute Gasteiger partial charge is 0.330 e. The van der Waals surface area contributed by atoms with E-state index in [0.717, 1.165) is 55.1 Å². The number of aromatic nitrogens is 2. The zero-order chi connectivity index (χ0) is 18.8. The smallest absolute Gasteiger partial charge is 0.227 e. The first kappa shape index (κ1) is 17.7. The Bertz CT molecular complexity index is 954. The molecule has 1 aliphatic rings. The maximum Gasteiger partial charge on any atom is 0.227 e. The van der Waals surface area contributed by atoms with Gasteiger partial charge in [0.1, 0.15) is 5.82 Å². The Labute approximate surface area is 160 Å². The quantitative estimate of drug-likeness (QED) is 0.769. The highest BCUT2D eigenvalue weighted by Crippen LogP contribution is 2.22. The van der Waals surface area contributed by atoms with Gasteiger partial charge in [-0.15, -0.1) is 0 Å². The maximum atomic E-state index is 12.6. The van der Waals surface area contributed by atoms with Gasteiger partial charge in [0, 0.05) is 18.7 Å². The number of fused-ring (bicyclic) bond motifs is 1. The summed E-state index contributed by atoms with van der Waals surface area (Å²) < 4.78 is 2.17. The van der Waals surface area contributed by atoms with Crippen LogP contribution < -0.4 is 5.32 Å². The van der Waals surface area contributed by atoms with E-state index in [1.54, 1.807) is 0 Å². The molecule has 1 N–H and O–H groups in total. The minimum atomic E-state index is 0.0854. The molecule has 0 spiro atoms. The minimum absolute atomic E-state index is 0.0854. The van der Waals surface area contributed by atoms with Crippen LogP contribution in [0.4, 0.5) is 5.69 Å². The minimum Gasteiger partial charge on any atom is -0.330 e. The summed E-state index contributed by atoms with van der Waals surface area (Å²) in [6, 6.07) is 16.2. The van der Waals surface area contributed by atoms with Crippen molar-refractivity contribution in [2.24, 2.45) is 13.0 Å². The Morgan fingerprint density at radius 2 is 1.93 bits per heavy atom. The molecule has 1 aliphatic heterocycles. The number of imidazole rings is 1. The van der Waals surface area contributed by atoms with Gasteiger partial charge in [-0.25, -0.2) is 4.98 Å². The number of rotatable bonds is 4. The Hall–Kier alpha value is -2.66. The lowest BCUT2D eigenvalue weighted by Gasteiger charge is -2.31. The highest BCUT2D eigenvalue weighted by Gasteiger charge is 2.25. The summed E-state index contributed by atoms with van der Waals surface area (Å²) in [5.74, 6) is 1.31. The van der Waals surface area contributed by atoms with E-state index < -0.39 is 0 Å². The third kappa shape index (κ3) is 3.88. The van der Waals surface area contributed by atoms with Gasteiger partial charge in [0.25, 0.3) is 0 Å². The van der Waals surface area contributed by atoms with Gasteiger partial charge in [0.05, 0.1) is 17.6 Å². The molecule has 0 aliphatic carbocycles. The van der Waals surface area contributed by atoms with E-state index >= 15 is 0 Å². The number of carbonyl (C=O) groups is 1. The van der Waals surface area contributed by atoms with Gasteiger partial charge in [0.2, 0.25) is 5.91 Å². The Balaban J connectivity index is 1.34. The molecule has 2 heterocycles. The van der Waals surface area contributed by atoms with Gasteiger partial charge < -0.3 is 9.88 Å². The van der Waals surface area contributed by atoms with Crippen molar-refractivity contribution in [1.29, 1.82) is 0 Å². The molecule has 3 aromatic rings. The molecular formula is C22H26N4O. The van der Waals surface area contributed by atoms with Crippen molar-refractivity contribution >= 4 is 22.6 Å². The van der Waals surface area contributed by atoms with Crippen molar-refractivity contribution in [3.8, 4) is 0 Å². The third-order valence-electron chi connectivity index (χ3n) is 5.49. The van der Waals surface area contributed by atoms with Crippen LogP contribution in [-0.2, 0) is 18.4 Å². The fourth-order valence-corrected chi connectivity index (χ4v) is 3.86. The van der Waals surface area contributed by atoms with Gasteiger partial charge in [-0.3, -0.25) is 9.69 Å². The van der Waals surface area contributed by atoms with Crippen molar-refractivity contribution in [2.45, 2.75) is 26.3 Å². The van der Waals surface area contributed by atoms with Crippen molar-refractivity contribution in [3.05, 3.63) is 59.9 Å². The lowest BCUT2D eigenvalue weighted by molar-refractivity contribution is -0.121. The third-order valence-corrected chi connectivity index (χ3v) is 5.49. The molecule has 0 radical (unpaired) electrons. The van der Waals surface area contributed by atoms with Crippen LogP contribution in [0.3, 0.4) is 0 Å². The molecule has 0 atom stereocenters. The van der Waals surface area contributed by atoms with E-state index in [2.05, 4.69) is 34.0 Å². The lowest BCUT2D eigenvalue weighted by Crippen LogP contribution is -2.38. The molecule has 1 amide bonds. The predicted molar refractivity (Wildman–Crippen MR) is 109 cm³/mol. The second kappa shape index (κ2) is 7.53. The van der Waals surface area contributed by atoms with Crippen molar-refractivity contribution in [1.82, 2.24) is 14.5 Å². The number of nitrogens with zero attached hydrogens (tertiary/aromatic N) is 3. The van der Waals surface area contributed by atoms with E-state index in [1.807, 2.05) is 43.3 Å². The molecule has 0 bridgehead atoms. The van der Waals surface area contributed by atoms with Gasteiger partial charge in [-0.1, -0.05) is 24.3 Å². The van der Waals surface area contributed by atoms with Crippen LogP contribution in [0.25, 0.3) is 11.0 Å². The number of hydrogen-bond acceptors (Lipinski definition) is 3. The molecule has 2 aromatic carbocycles. The van der Waals surface area contributed by atoms with Gasteiger partial charge in [-0.2, -0.15) is 0 Å². The summed E-state index contributed by atoms with van der Waals surface area (Å²) >= 11 is 0. The molecule has 0 saturated carbocycles. The Morgan fingerprint density at radius 1 is 1.15 bits per heavy atom. The SMILES string of the molecule is Cc1cccc(NC(=O)C2CCN(Cc3nc4ccccc4n3C)CC2)c1. The van der Waals surface area contributed by atoms with Gasteiger partial charge in [0.15, 0.2) is 0 Å². The second-order valence-electron chi connectivity index (χ2n) is 7.48. The predicted octanol–water partition coefficient (Wildman–Crippen LogP) is 3.73. The van der Waals surface area contributed by atoms with Crippen LogP contribution in [0, 0.1) is 12.8 Å². The number of para-hydroxylation sites is 2. The molecular weight excluding hydrogens is 336 g/mol. The van der Waals surface area contributed by atoms with Crippen molar-refractivity contribution < 1.29 is 4.79 Å². The summed E-state index contributed by atoms with van der Waals surface area (Å²) in [4.78, 5) is 19.7. The van der Waals surface area contributed by atoms with E-state index in [4.69, 9.17) is 4.98 Å². The van der Waals surface area contributed by atoms with Gasteiger partial charge >= 0.3 is 0 Å². The average molecular weight is 362 g/mol. The first-order valence-corrected chi connectivity index (χ1v) is 9.60. The number of hydrogen-bond donors (Lipinski definition) is 1. The number of amides is 1. The zero-order valence-electron chi connectivity index (χ0n) is 16.0. The molecule has 5 nitrogen and oxygen atoms in total. The van der Waals surface area contributed by atoms with E-state index in [9.17, 15) is 4.79 Å². The molecule has 4 rings (SSSR count). The van der Waals surface area contributed by atoms with Crippen LogP contribution in [0.5, 0.6) is 0 Å². The van der Waals surface area contributed by atoms with Crippen molar-refractivity contribution in [2.75, 3.05) is 18.4 Å². The normalized spacial score (nSPS) is 15.9. The first-order chi connectivity index (χ1) is 13.1. The maximum absolute atomic E-state index is 12.6. The number of aryl methyl sites for hydroxylation is 2. The Morgan fingerprint density at radius 3 is 2.67 bits per heavy atom. The first-order valence-electron chi connectivity index (χ1n) is 9.60. The highest BCUT2D eigenvalue weighted by atomic mass is 16.1. The molecule has 1 fully saturated rings. The van der Waals surface area contributed by atoms with E-state index in [1.165, 1.54) is 5.52 Å². The van der Waals surface area contributed by atoms with Gasteiger partial charge in [-0.05, 0) is 62.7 Å². The van der Waals surface area contributed by atoms with E-state index in [-0.39, 0.29) is 11.8 Å². The summed E-state index contributed by atoms with van der Waals surface area (Å²) in [5, 5.41) is 3.07. The zero-order valence-corrected chi connectivity index (χ0v) is 16.0. The number of carbonyl (C=O) groups excluding carboxylic acids is 1. The topological polar surface area (TPSA) is 50.2 Å². The summed E-state index contributed by atoms with van der Waals surface area (Å²) in [7, 11) is 2.08. The number of anilines is 1. The molecule has 1 saturated heterocycles. The van der Waals surface area contributed by atoms with Crippen LogP contribution >= 0.6 is 0 Å². The summed E-state index contributed by atoms with van der Waals surface area (Å²) in [6.45, 7) is 4.72. The number of piperidine rings is 1. The standard InChI is InChI=1S/C22H26N4O/c1-16-6-5-7-18(14-16)23-22(27)17-10-12-26(13-11-17)15-21-24-19-8-3-4-9-20(19)25(21)2/h3-9,14,17H,10-13,15H2,1-2H3,(H,23,27). The summed E-state index contributed by atoms with van der Waals surface area (Å²) in [6.07, 6.45) is 1.78. The second-order valence-corrected chi connectivity index (χ2v) is 7.48. The van der Waals surface area contributed by atoms with E-state index in [0.29, 0.717) is 0 Å². The fourth-order valence-electron chi connectivity index (χ4n) is 3.86. The lowest BCUT2D eigenvalue weighted by atomic mass is 9.95. The van der Waals surface area contributed by atoms with Crippen LogP contribution in [-0.4, -0.2) is 33.4 Å².